The van der Waals surface area contributed by atoms with Crippen molar-refractivity contribution in [2.45, 2.75) is 13.0 Å². The number of hydrogen-bond acceptors (Lipinski definition) is 3. The van der Waals surface area contributed by atoms with Crippen LogP contribution in [0.1, 0.15) is 5.56 Å². The van der Waals surface area contributed by atoms with Gasteiger partial charge in [-0.15, -0.1) is 0 Å². The van der Waals surface area contributed by atoms with Gasteiger partial charge in [-0.05, 0) is 18.6 Å². The van der Waals surface area contributed by atoms with Crippen LogP contribution in [0.25, 0.3) is 0 Å². The zero-order valence-corrected chi connectivity index (χ0v) is 9.33. The molecule has 0 saturated carbocycles. The van der Waals surface area contributed by atoms with Crippen LogP contribution < -0.4 is 10.1 Å². The summed E-state index contributed by atoms with van der Waals surface area (Å²) in [6, 6.07) is 4.76. The van der Waals surface area contributed by atoms with E-state index in [0.29, 0.717) is 19.0 Å². The first-order valence-electron chi connectivity index (χ1n) is 5.46. The summed E-state index contributed by atoms with van der Waals surface area (Å²) < 4.78 is 23.9. The van der Waals surface area contributed by atoms with Gasteiger partial charge < -0.3 is 14.8 Å². The van der Waals surface area contributed by atoms with Crippen LogP contribution in [0.4, 0.5) is 4.39 Å². The average Bonchev–Trinajstić information content (AvgIpc) is 2.32. The van der Waals surface area contributed by atoms with Crippen LogP contribution in [0.15, 0.2) is 18.2 Å². The van der Waals surface area contributed by atoms with Gasteiger partial charge in [0, 0.05) is 12.6 Å². The second-order valence-corrected chi connectivity index (χ2v) is 3.95. The third kappa shape index (κ3) is 2.93. The highest BCUT2D eigenvalue weighted by atomic mass is 19.1. The fourth-order valence-electron chi connectivity index (χ4n) is 1.65. The Morgan fingerprint density at radius 1 is 1.56 bits per heavy atom. The Hall–Kier alpha value is -1.13. The van der Waals surface area contributed by atoms with Crippen LogP contribution in [0.3, 0.4) is 0 Å². The number of benzene rings is 1. The molecule has 0 amide bonds. The van der Waals surface area contributed by atoms with E-state index in [2.05, 4.69) is 5.32 Å². The first-order chi connectivity index (χ1) is 7.75. The minimum atomic E-state index is -0.270. The maximum atomic E-state index is 13.0. The predicted molar refractivity (Wildman–Crippen MR) is 59.2 cm³/mol. The Kier molecular flexibility index (Phi) is 3.74. The zero-order valence-electron chi connectivity index (χ0n) is 9.33. The fourth-order valence-corrected chi connectivity index (χ4v) is 1.65. The molecule has 0 bridgehead atoms. The Balaban J connectivity index is 1.90. The van der Waals surface area contributed by atoms with Crippen molar-refractivity contribution >= 4 is 0 Å². The van der Waals surface area contributed by atoms with E-state index < -0.39 is 0 Å². The molecular weight excluding hydrogens is 209 g/mol. The summed E-state index contributed by atoms with van der Waals surface area (Å²) in [5, 5.41) is 3.28. The summed E-state index contributed by atoms with van der Waals surface area (Å²) >= 11 is 0. The maximum Gasteiger partial charge on any atom is 0.126 e. The second kappa shape index (κ2) is 5.27. The number of ether oxygens (including phenoxy) is 2. The minimum Gasteiger partial charge on any atom is -0.491 e. The Labute approximate surface area is 94.6 Å². The Bertz CT molecular complexity index is 351. The van der Waals surface area contributed by atoms with Crippen molar-refractivity contribution in [2.24, 2.45) is 0 Å². The molecule has 0 radical (unpaired) electrons. The molecule has 1 aliphatic heterocycles. The molecule has 0 aliphatic carbocycles. The topological polar surface area (TPSA) is 30.5 Å². The van der Waals surface area contributed by atoms with Crippen LogP contribution in [0, 0.1) is 12.7 Å². The van der Waals surface area contributed by atoms with Crippen molar-refractivity contribution in [3.05, 3.63) is 29.6 Å². The minimum absolute atomic E-state index is 0.191. The first-order valence-corrected chi connectivity index (χ1v) is 5.46. The van der Waals surface area contributed by atoms with E-state index in [-0.39, 0.29) is 11.9 Å². The van der Waals surface area contributed by atoms with Crippen LogP contribution in [-0.2, 0) is 4.74 Å². The summed E-state index contributed by atoms with van der Waals surface area (Å²) in [6.45, 7) is 4.64. The number of hydrogen-bond donors (Lipinski definition) is 1. The summed E-state index contributed by atoms with van der Waals surface area (Å²) in [4.78, 5) is 0. The molecule has 2 rings (SSSR count). The number of rotatable bonds is 3. The molecule has 1 atom stereocenters. The molecule has 4 heteroatoms. The van der Waals surface area contributed by atoms with E-state index in [9.17, 15) is 4.39 Å². The molecule has 0 spiro atoms. The molecule has 0 aromatic heterocycles. The maximum absolute atomic E-state index is 13.0. The molecule has 1 aromatic carbocycles. The van der Waals surface area contributed by atoms with Crippen LogP contribution in [-0.4, -0.2) is 32.4 Å². The molecule has 1 heterocycles. The number of nitrogens with one attached hydrogen (secondary N) is 1. The quantitative estimate of drug-likeness (QED) is 0.845. The summed E-state index contributed by atoms with van der Waals surface area (Å²) in [5.41, 5.74) is 0.943. The van der Waals surface area contributed by atoms with Crippen molar-refractivity contribution in [1.82, 2.24) is 5.32 Å². The largest absolute Gasteiger partial charge is 0.491 e. The Morgan fingerprint density at radius 3 is 3.19 bits per heavy atom. The lowest BCUT2D eigenvalue weighted by Crippen LogP contribution is -2.44. The molecule has 16 heavy (non-hydrogen) atoms. The van der Waals surface area contributed by atoms with Gasteiger partial charge in [-0.3, -0.25) is 0 Å². The van der Waals surface area contributed by atoms with E-state index in [1.165, 1.54) is 12.1 Å². The number of halogens is 1. The van der Waals surface area contributed by atoms with Gasteiger partial charge in [0.2, 0.25) is 0 Å². The van der Waals surface area contributed by atoms with Crippen molar-refractivity contribution in [2.75, 3.05) is 26.4 Å². The number of morpholine rings is 1. The normalized spacial score (nSPS) is 20.8. The predicted octanol–water partition coefficient (Wildman–Crippen LogP) is 1.50. The lowest BCUT2D eigenvalue weighted by Gasteiger charge is -2.24. The lowest BCUT2D eigenvalue weighted by molar-refractivity contribution is 0.0591. The molecule has 1 fully saturated rings. The highest BCUT2D eigenvalue weighted by molar-refractivity contribution is 5.32. The zero-order chi connectivity index (χ0) is 11.4. The summed E-state index contributed by atoms with van der Waals surface area (Å²) in [7, 11) is 0. The van der Waals surface area contributed by atoms with Gasteiger partial charge in [0.25, 0.3) is 0 Å². The van der Waals surface area contributed by atoms with Gasteiger partial charge in [-0.2, -0.15) is 0 Å². The van der Waals surface area contributed by atoms with E-state index in [4.69, 9.17) is 9.47 Å². The molecule has 1 saturated heterocycles. The van der Waals surface area contributed by atoms with Crippen LogP contribution >= 0.6 is 0 Å². The van der Waals surface area contributed by atoms with Gasteiger partial charge in [0.1, 0.15) is 18.2 Å². The van der Waals surface area contributed by atoms with E-state index in [0.717, 1.165) is 18.7 Å². The molecular formula is C12H16FNO2. The van der Waals surface area contributed by atoms with Crippen molar-refractivity contribution in [1.29, 1.82) is 0 Å². The van der Waals surface area contributed by atoms with Crippen LogP contribution in [0.5, 0.6) is 5.75 Å². The molecule has 1 aromatic rings. The van der Waals surface area contributed by atoms with Gasteiger partial charge >= 0.3 is 0 Å². The SMILES string of the molecule is Cc1ccc(F)cc1OCC1COCCN1. The van der Waals surface area contributed by atoms with Gasteiger partial charge in [0.05, 0.1) is 19.3 Å². The molecule has 1 aliphatic rings. The fraction of sp³-hybridized carbons (Fsp3) is 0.500. The molecule has 1 N–H and O–H groups in total. The average molecular weight is 225 g/mol. The molecule has 1 unspecified atom stereocenters. The standard InChI is InChI=1S/C12H16FNO2/c1-9-2-3-10(13)6-12(9)16-8-11-7-15-5-4-14-11/h2-3,6,11,14H,4-5,7-8H2,1H3. The highest BCUT2D eigenvalue weighted by Gasteiger charge is 2.14. The van der Waals surface area contributed by atoms with E-state index >= 15 is 0 Å². The highest BCUT2D eigenvalue weighted by Crippen LogP contribution is 2.18. The first kappa shape index (κ1) is 11.4. The monoisotopic (exact) mass is 225 g/mol. The third-order valence-electron chi connectivity index (χ3n) is 2.59. The van der Waals surface area contributed by atoms with E-state index in [1.54, 1.807) is 6.07 Å². The smallest absolute Gasteiger partial charge is 0.126 e. The summed E-state index contributed by atoms with van der Waals surface area (Å²) in [5.74, 6) is 0.334. The molecule has 3 nitrogen and oxygen atoms in total. The van der Waals surface area contributed by atoms with Crippen molar-refractivity contribution in [3.8, 4) is 5.75 Å². The van der Waals surface area contributed by atoms with Crippen molar-refractivity contribution in [3.63, 3.8) is 0 Å². The van der Waals surface area contributed by atoms with Gasteiger partial charge in [-0.25, -0.2) is 4.39 Å². The Morgan fingerprint density at radius 2 is 2.44 bits per heavy atom. The third-order valence-corrected chi connectivity index (χ3v) is 2.59. The summed E-state index contributed by atoms with van der Waals surface area (Å²) in [6.07, 6.45) is 0. The lowest BCUT2D eigenvalue weighted by atomic mass is 10.2. The molecule has 88 valence electrons. The second-order valence-electron chi connectivity index (χ2n) is 3.95. The van der Waals surface area contributed by atoms with Crippen LogP contribution in [0.2, 0.25) is 0 Å². The number of aryl methyl sites for hydroxylation is 1. The van der Waals surface area contributed by atoms with Gasteiger partial charge in [0.15, 0.2) is 0 Å². The van der Waals surface area contributed by atoms with Crippen molar-refractivity contribution < 1.29 is 13.9 Å². The van der Waals surface area contributed by atoms with Gasteiger partial charge in [-0.1, -0.05) is 6.07 Å². The van der Waals surface area contributed by atoms with E-state index in [1.807, 2.05) is 6.92 Å².